The lowest BCUT2D eigenvalue weighted by atomic mass is 10.0. The number of hydrogen-bond acceptors (Lipinski definition) is 4. The number of carbonyl (C=O) groups is 3. The molecule has 1 fully saturated rings. The van der Waals surface area contributed by atoms with Crippen LogP contribution in [0.3, 0.4) is 0 Å². The molecule has 3 N–H and O–H groups in total. The van der Waals surface area contributed by atoms with Crippen LogP contribution in [0.2, 0.25) is 0 Å². The number of piperazine rings is 1. The highest BCUT2D eigenvalue weighted by atomic mass is 16.2. The topological polar surface area (TPSA) is 92.5 Å². The molecule has 0 unspecified atom stereocenters. The summed E-state index contributed by atoms with van der Waals surface area (Å²) in [6.07, 6.45) is 0.547. The van der Waals surface area contributed by atoms with Gasteiger partial charge in [-0.05, 0) is 12.3 Å². The zero-order valence-corrected chi connectivity index (χ0v) is 9.53. The van der Waals surface area contributed by atoms with Crippen LogP contribution in [-0.2, 0) is 14.4 Å². The fourth-order valence-electron chi connectivity index (χ4n) is 1.64. The number of carbonyl (C=O) groups excluding carboxylic acids is 3. The molecule has 0 spiro atoms. The van der Waals surface area contributed by atoms with E-state index in [0.29, 0.717) is 12.3 Å². The fourth-order valence-corrected chi connectivity index (χ4v) is 1.64. The highest BCUT2D eigenvalue weighted by Gasteiger charge is 2.29. The van der Waals surface area contributed by atoms with Crippen molar-refractivity contribution in [3.63, 3.8) is 0 Å². The van der Waals surface area contributed by atoms with Gasteiger partial charge >= 0.3 is 0 Å². The van der Waals surface area contributed by atoms with Gasteiger partial charge in [-0.25, -0.2) is 0 Å². The molecule has 0 aromatic carbocycles. The third-order valence-corrected chi connectivity index (χ3v) is 2.30. The molecule has 1 heterocycles. The largest absolute Gasteiger partial charge is 0.323 e. The third kappa shape index (κ3) is 3.30. The molecule has 16 heavy (non-hydrogen) atoms. The molecule has 0 aliphatic carbocycles. The van der Waals surface area contributed by atoms with Crippen molar-refractivity contribution in [2.24, 2.45) is 11.7 Å². The van der Waals surface area contributed by atoms with E-state index < -0.39 is 17.9 Å². The molecule has 0 bridgehead atoms. The standard InChI is InChI=1S/C10H17N3O3/c1-6(2)3-7(11)10(16)13-4-8(14)12-9(15)5-13/h6-7H,3-5,11H2,1-2H3,(H,12,14,15)/t7-/m0/s1. The summed E-state index contributed by atoms with van der Waals surface area (Å²) in [5.41, 5.74) is 5.71. The molecule has 0 saturated carbocycles. The molecule has 1 rings (SSSR count). The summed E-state index contributed by atoms with van der Waals surface area (Å²) >= 11 is 0. The molecular weight excluding hydrogens is 210 g/mol. The van der Waals surface area contributed by atoms with E-state index >= 15 is 0 Å². The highest BCUT2D eigenvalue weighted by molar-refractivity contribution is 6.03. The summed E-state index contributed by atoms with van der Waals surface area (Å²) in [4.78, 5) is 35.1. The van der Waals surface area contributed by atoms with E-state index in [-0.39, 0.29) is 19.0 Å². The van der Waals surface area contributed by atoms with Gasteiger partial charge in [0.25, 0.3) is 0 Å². The van der Waals surface area contributed by atoms with Gasteiger partial charge in [-0.1, -0.05) is 13.8 Å². The van der Waals surface area contributed by atoms with Crippen LogP contribution < -0.4 is 11.1 Å². The maximum atomic E-state index is 11.8. The van der Waals surface area contributed by atoms with Gasteiger partial charge in [0.1, 0.15) is 13.1 Å². The van der Waals surface area contributed by atoms with E-state index in [2.05, 4.69) is 5.32 Å². The minimum absolute atomic E-state index is 0.0869. The fraction of sp³-hybridized carbons (Fsp3) is 0.700. The molecule has 1 aliphatic rings. The van der Waals surface area contributed by atoms with Crippen molar-refractivity contribution in [2.45, 2.75) is 26.3 Å². The van der Waals surface area contributed by atoms with Crippen molar-refractivity contribution < 1.29 is 14.4 Å². The summed E-state index contributed by atoms with van der Waals surface area (Å²) in [7, 11) is 0. The maximum absolute atomic E-state index is 11.8. The lowest BCUT2D eigenvalue weighted by Gasteiger charge is -2.28. The Morgan fingerprint density at radius 3 is 2.31 bits per heavy atom. The van der Waals surface area contributed by atoms with Crippen LogP contribution in [0, 0.1) is 5.92 Å². The van der Waals surface area contributed by atoms with Crippen LogP contribution in [0.25, 0.3) is 0 Å². The Bertz CT molecular complexity index is 298. The average molecular weight is 227 g/mol. The second-order valence-corrected chi connectivity index (χ2v) is 4.40. The van der Waals surface area contributed by atoms with Crippen molar-refractivity contribution in [2.75, 3.05) is 13.1 Å². The van der Waals surface area contributed by atoms with Crippen LogP contribution in [0.5, 0.6) is 0 Å². The third-order valence-electron chi connectivity index (χ3n) is 2.30. The number of amides is 3. The first-order valence-electron chi connectivity index (χ1n) is 5.27. The molecule has 6 nitrogen and oxygen atoms in total. The summed E-state index contributed by atoms with van der Waals surface area (Å²) in [5, 5.41) is 2.13. The van der Waals surface area contributed by atoms with Gasteiger partial charge < -0.3 is 10.6 Å². The first kappa shape index (κ1) is 12.6. The van der Waals surface area contributed by atoms with Gasteiger partial charge in [0.05, 0.1) is 6.04 Å². The van der Waals surface area contributed by atoms with E-state index in [0.717, 1.165) is 0 Å². The molecule has 3 amide bonds. The Morgan fingerprint density at radius 1 is 1.38 bits per heavy atom. The highest BCUT2D eigenvalue weighted by Crippen LogP contribution is 2.06. The second-order valence-electron chi connectivity index (χ2n) is 4.40. The second kappa shape index (κ2) is 5.07. The normalized spacial score (nSPS) is 18.6. The van der Waals surface area contributed by atoms with E-state index in [4.69, 9.17) is 5.73 Å². The van der Waals surface area contributed by atoms with E-state index in [1.165, 1.54) is 4.90 Å². The van der Waals surface area contributed by atoms with Crippen molar-refractivity contribution in [3.05, 3.63) is 0 Å². The van der Waals surface area contributed by atoms with Crippen molar-refractivity contribution >= 4 is 17.7 Å². The molecule has 6 heteroatoms. The molecular formula is C10H17N3O3. The molecule has 1 aliphatic heterocycles. The zero-order chi connectivity index (χ0) is 12.3. The summed E-state index contributed by atoms with van der Waals surface area (Å²) in [5.74, 6) is -0.951. The number of nitrogens with one attached hydrogen (secondary N) is 1. The molecule has 90 valence electrons. The molecule has 0 aromatic rings. The molecule has 1 saturated heterocycles. The smallest absolute Gasteiger partial charge is 0.246 e. The minimum Gasteiger partial charge on any atom is -0.323 e. The van der Waals surface area contributed by atoms with E-state index in [1.54, 1.807) is 0 Å². The minimum atomic E-state index is -0.640. The van der Waals surface area contributed by atoms with Gasteiger partial charge in [-0.15, -0.1) is 0 Å². The number of rotatable bonds is 3. The van der Waals surface area contributed by atoms with Gasteiger partial charge in [-0.2, -0.15) is 0 Å². The molecule has 1 atom stereocenters. The Morgan fingerprint density at radius 2 is 1.88 bits per heavy atom. The van der Waals surface area contributed by atoms with Crippen LogP contribution in [0.15, 0.2) is 0 Å². The quantitative estimate of drug-likeness (QED) is 0.595. The lowest BCUT2D eigenvalue weighted by Crippen LogP contribution is -2.56. The Hall–Kier alpha value is -1.43. The van der Waals surface area contributed by atoms with Crippen LogP contribution in [0.1, 0.15) is 20.3 Å². The van der Waals surface area contributed by atoms with Crippen molar-refractivity contribution in [1.82, 2.24) is 10.2 Å². The maximum Gasteiger partial charge on any atom is 0.246 e. The Balaban J connectivity index is 2.59. The van der Waals surface area contributed by atoms with Gasteiger partial charge in [0.2, 0.25) is 17.7 Å². The van der Waals surface area contributed by atoms with Crippen LogP contribution in [-0.4, -0.2) is 41.8 Å². The summed E-state index contributed by atoms with van der Waals surface area (Å²) < 4.78 is 0. The van der Waals surface area contributed by atoms with Gasteiger partial charge in [0.15, 0.2) is 0 Å². The van der Waals surface area contributed by atoms with Gasteiger partial charge in [-0.3, -0.25) is 19.7 Å². The Labute approximate surface area is 94.2 Å². The van der Waals surface area contributed by atoms with E-state index in [9.17, 15) is 14.4 Å². The van der Waals surface area contributed by atoms with Crippen LogP contribution in [0.4, 0.5) is 0 Å². The molecule has 0 aromatic heterocycles. The predicted molar refractivity (Wildman–Crippen MR) is 57.2 cm³/mol. The monoisotopic (exact) mass is 227 g/mol. The first-order chi connectivity index (χ1) is 7.40. The van der Waals surface area contributed by atoms with Crippen molar-refractivity contribution in [3.8, 4) is 0 Å². The van der Waals surface area contributed by atoms with E-state index in [1.807, 2.05) is 13.8 Å². The first-order valence-corrected chi connectivity index (χ1v) is 5.27. The molecule has 0 radical (unpaired) electrons. The average Bonchev–Trinajstić information content (AvgIpc) is 2.13. The zero-order valence-electron chi connectivity index (χ0n) is 9.53. The van der Waals surface area contributed by atoms with Gasteiger partial charge in [0, 0.05) is 0 Å². The summed E-state index contributed by atoms with van der Waals surface area (Å²) in [6, 6.07) is -0.640. The number of nitrogens with two attached hydrogens (primary N) is 1. The van der Waals surface area contributed by atoms with Crippen LogP contribution >= 0.6 is 0 Å². The SMILES string of the molecule is CC(C)C[C@H](N)C(=O)N1CC(=O)NC(=O)C1. The Kier molecular flexibility index (Phi) is 4.00. The lowest BCUT2D eigenvalue weighted by molar-refractivity contribution is -0.146. The van der Waals surface area contributed by atoms with Crippen molar-refractivity contribution in [1.29, 1.82) is 0 Å². The predicted octanol–water partition coefficient (Wildman–Crippen LogP) is -1.16. The summed E-state index contributed by atoms with van der Waals surface area (Å²) in [6.45, 7) is 3.75. The number of nitrogens with zero attached hydrogens (tertiary/aromatic N) is 1. The number of hydrogen-bond donors (Lipinski definition) is 2. The number of imide groups is 1.